The number of allylic oxidation sites excluding steroid dienone is 1. The standard InChI is InChI=1S/C26H33.2ClH.Zr/c1-7-8-9-20-12-21-11-10-19(6)26(25(21)13-20)24-15-22(17(2)3)14-23(16-24)18(4)5;;;/h10-18H,7-9H2,1-6H3;2*1H;/q;;;+2/p-2. The van der Waals surface area contributed by atoms with Gasteiger partial charge in [-0.2, -0.15) is 0 Å². The van der Waals surface area contributed by atoms with Crippen LogP contribution < -0.4 is 0 Å². The van der Waals surface area contributed by atoms with Gasteiger partial charge in [-0.3, -0.25) is 0 Å². The molecule has 0 saturated heterocycles. The molecule has 0 fully saturated rings. The first-order chi connectivity index (χ1) is 13.7. The predicted molar refractivity (Wildman–Crippen MR) is 127 cm³/mol. The SMILES string of the molecule is CCCCC1=Cc2c(ccc(C)c2-c2cc(C(C)C)cc(C(C)C)c2)[CH]1[Zr]([Cl])[Cl]. The minimum absolute atomic E-state index is 0.305. The van der Waals surface area contributed by atoms with Gasteiger partial charge in [0.2, 0.25) is 0 Å². The Morgan fingerprint density at radius 2 is 1.59 bits per heavy atom. The normalized spacial score (nSPS) is 15.8. The summed E-state index contributed by atoms with van der Waals surface area (Å²) in [6.07, 6.45) is 5.94. The van der Waals surface area contributed by atoms with Crippen molar-refractivity contribution in [2.24, 2.45) is 0 Å². The van der Waals surface area contributed by atoms with Gasteiger partial charge in [0.15, 0.2) is 0 Å². The summed E-state index contributed by atoms with van der Waals surface area (Å²) in [7, 11) is 13.4. The molecule has 0 bridgehead atoms. The minimum atomic E-state index is -2.47. The molecule has 2 aromatic carbocycles. The van der Waals surface area contributed by atoms with E-state index in [0.717, 1.165) is 6.42 Å². The summed E-state index contributed by atoms with van der Waals surface area (Å²) in [5, 5.41) is 0. The van der Waals surface area contributed by atoms with Crippen molar-refractivity contribution in [2.75, 3.05) is 0 Å². The topological polar surface area (TPSA) is 0 Å². The first-order valence-electron chi connectivity index (χ1n) is 10.9. The average molecular weight is 508 g/mol. The van der Waals surface area contributed by atoms with Gasteiger partial charge in [-0.25, -0.2) is 0 Å². The molecule has 1 aliphatic carbocycles. The molecule has 155 valence electrons. The van der Waals surface area contributed by atoms with Crippen LogP contribution in [-0.2, 0) is 19.4 Å². The monoisotopic (exact) mass is 505 g/mol. The van der Waals surface area contributed by atoms with Crippen molar-refractivity contribution in [3.05, 3.63) is 63.7 Å². The second-order valence-corrected chi connectivity index (χ2v) is 17.8. The second-order valence-electron chi connectivity index (χ2n) is 9.00. The number of hydrogen-bond donors (Lipinski definition) is 0. The van der Waals surface area contributed by atoms with Crippen LogP contribution in [0.15, 0.2) is 35.9 Å². The van der Waals surface area contributed by atoms with Crippen molar-refractivity contribution in [2.45, 2.75) is 76.3 Å². The van der Waals surface area contributed by atoms with Crippen LogP contribution in [0.4, 0.5) is 0 Å². The van der Waals surface area contributed by atoms with Gasteiger partial charge in [-0.1, -0.05) is 0 Å². The number of fused-ring (bicyclic) bond motifs is 1. The Kier molecular flexibility index (Phi) is 7.91. The van der Waals surface area contributed by atoms with E-state index in [0.29, 0.717) is 15.5 Å². The van der Waals surface area contributed by atoms with Gasteiger partial charge in [0.25, 0.3) is 0 Å². The Hall–Kier alpha value is -0.357. The summed E-state index contributed by atoms with van der Waals surface area (Å²) in [6, 6.07) is 11.7. The molecule has 0 nitrogen and oxygen atoms in total. The zero-order valence-corrected chi connectivity index (χ0v) is 22.5. The van der Waals surface area contributed by atoms with Crippen LogP contribution in [0.1, 0.15) is 97.2 Å². The van der Waals surface area contributed by atoms with E-state index in [1.54, 1.807) is 0 Å². The number of unbranched alkanes of at least 4 members (excludes halogenated alkanes) is 1. The first kappa shape index (κ1) is 23.3. The Labute approximate surface area is 192 Å². The quantitative estimate of drug-likeness (QED) is 0.350. The van der Waals surface area contributed by atoms with Crippen molar-refractivity contribution in [3.8, 4) is 11.1 Å². The Bertz CT molecular complexity index is 883. The summed E-state index contributed by atoms with van der Waals surface area (Å²) in [5.74, 6) is 1.02. The number of halogens is 2. The summed E-state index contributed by atoms with van der Waals surface area (Å²) < 4.78 is 0.305. The van der Waals surface area contributed by atoms with Crippen molar-refractivity contribution >= 4 is 23.1 Å². The molecule has 3 heteroatoms. The van der Waals surface area contributed by atoms with Crippen molar-refractivity contribution < 1.29 is 19.4 Å². The maximum absolute atomic E-state index is 6.68. The van der Waals surface area contributed by atoms with Crippen LogP contribution in [0.25, 0.3) is 17.2 Å². The molecule has 0 radical (unpaired) electrons. The molecule has 1 unspecified atom stereocenters. The molecule has 0 aromatic heterocycles. The number of rotatable bonds is 7. The van der Waals surface area contributed by atoms with Gasteiger partial charge >= 0.3 is 194 Å². The molecule has 2 aromatic rings. The summed E-state index contributed by atoms with van der Waals surface area (Å²) in [4.78, 5) is 0. The Balaban J connectivity index is 2.22. The van der Waals surface area contributed by atoms with E-state index in [-0.39, 0.29) is 0 Å². The molecular weight excluding hydrogens is 474 g/mol. The van der Waals surface area contributed by atoms with E-state index in [2.05, 4.69) is 78.0 Å². The third-order valence-corrected chi connectivity index (χ3v) is 11.5. The molecule has 0 N–H and O–H groups in total. The number of hydrogen-bond acceptors (Lipinski definition) is 0. The number of benzene rings is 2. The van der Waals surface area contributed by atoms with Gasteiger partial charge in [-0.05, 0) is 0 Å². The fourth-order valence-corrected chi connectivity index (χ4v) is 9.84. The molecule has 3 rings (SSSR count). The zero-order chi connectivity index (χ0) is 21.3. The van der Waals surface area contributed by atoms with E-state index in [4.69, 9.17) is 17.0 Å². The molecule has 29 heavy (non-hydrogen) atoms. The second kappa shape index (κ2) is 9.85. The van der Waals surface area contributed by atoms with Crippen LogP contribution in [0.3, 0.4) is 0 Å². The third kappa shape index (κ3) is 4.94. The van der Waals surface area contributed by atoms with Gasteiger partial charge in [0.05, 0.1) is 0 Å². The summed E-state index contributed by atoms with van der Waals surface area (Å²) in [6.45, 7) is 13.6. The van der Waals surface area contributed by atoms with Gasteiger partial charge < -0.3 is 0 Å². The molecule has 1 atom stereocenters. The zero-order valence-electron chi connectivity index (χ0n) is 18.6. The molecule has 0 spiro atoms. The van der Waals surface area contributed by atoms with E-state index >= 15 is 0 Å². The van der Waals surface area contributed by atoms with Gasteiger partial charge in [0.1, 0.15) is 0 Å². The Morgan fingerprint density at radius 3 is 2.10 bits per heavy atom. The van der Waals surface area contributed by atoms with E-state index in [1.165, 1.54) is 57.4 Å². The molecular formula is C26H33Cl2Zr. The average Bonchev–Trinajstić information content (AvgIpc) is 3.04. The number of aryl methyl sites for hydroxylation is 1. The maximum atomic E-state index is 6.68. The van der Waals surface area contributed by atoms with Crippen LogP contribution in [-0.4, -0.2) is 0 Å². The predicted octanol–water partition coefficient (Wildman–Crippen LogP) is 9.46. The molecule has 1 aliphatic rings. The van der Waals surface area contributed by atoms with Crippen LogP contribution in [0.2, 0.25) is 0 Å². The molecule has 0 amide bonds. The molecule has 0 saturated carbocycles. The van der Waals surface area contributed by atoms with Crippen molar-refractivity contribution in [1.82, 2.24) is 0 Å². The van der Waals surface area contributed by atoms with Crippen LogP contribution in [0, 0.1) is 6.92 Å². The van der Waals surface area contributed by atoms with Crippen LogP contribution >= 0.6 is 17.0 Å². The van der Waals surface area contributed by atoms with Crippen molar-refractivity contribution in [1.29, 1.82) is 0 Å². The Morgan fingerprint density at radius 1 is 0.966 bits per heavy atom. The summed E-state index contributed by atoms with van der Waals surface area (Å²) in [5.41, 5.74) is 11.1. The first-order valence-corrected chi connectivity index (χ1v) is 18.7. The third-order valence-electron chi connectivity index (χ3n) is 6.14. The van der Waals surface area contributed by atoms with E-state index in [9.17, 15) is 0 Å². The van der Waals surface area contributed by atoms with Gasteiger partial charge in [-0.15, -0.1) is 0 Å². The fraction of sp³-hybridized carbons (Fsp3) is 0.462. The van der Waals surface area contributed by atoms with Gasteiger partial charge in [0, 0.05) is 0 Å². The van der Waals surface area contributed by atoms with Crippen LogP contribution in [0.5, 0.6) is 0 Å². The summed E-state index contributed by atoms with van der Waals surface area (Å²) >= 11 is -2.47. The molecule has 0 heterocycles. The fourth-order valence-electron chi connectivity index (χ4n) is 4.35. The van der Waals surface area contributed by atoms with E-state index in [1.807, 2.05) is 0 Å². The van der Waals surface area contributed by atoms with Crippen molar-refractivity contribution in [3.63, 3.8) is 0 Å². The van der Waals surface area contributed by atoms with E-state index < -0.39 is 19.4 Å². The molecule has 0 aliphatic heterocycles.